The molecule has 21 heavy (non-hydrogen) atoms. The summed E-state index contributed by atoms with van der Waals surface area (Å²) in [4.78, 5) is 13.7. The molecule has 5 heteroatoms. The SMILES string of the molecule is C/C=C(\OB(CC)CC)N1C(=O)OC[C@H]1c1ccccc1. The highest BCUT2D eigenvalue weighted by atomic mass is 16.6. The van der Waals surface area contributed by atoms with Crippen LogP contribution in [0.25, 0.3) is 0 Å². The number of allylic oxidation sites excluding steroid dienone is 1. The van der Waals surface area contributed by atoms with E-state index in [-0.39, 0.29) is 19.1 Å². The molecule has 1 aliphatic heterocycles. The fraction of sp³-hybridized carbons (Fsp3) is 0.438. The van der Waals surface area contributed by atoms with E-state index in [1.807, 2.05) is 43.3 Å². The van der Waals surface area contributed by atoms with E-state index in [2.05, 4.69) is 13.8 Å². The van der Waals surface area contributed by atoms with E-state index in [0.717, 1.165) is 18.2 Å². The van der Waals surface area contributed by atoms with Crippen molar-refractivity contribution in [1.29, 1.82) is 0 Å². The molecule has 0 radical (unpaired) electrons. The third-order valence-corrected chi connectivity index (χ3v) is 3.74. The number of ether oxygens (including phenoxy) is 1. The van der Waals surface area contributed by atoms with E-state index in [0.29, 0.717) is 12.5 Å². The minimum absolute atomic E-state index is 0.112. The molecule has 0 N–H and O–H groups in total. The zero-order chi connectivity index (χ0) is 15.2. The molecule has 0 spiro atoms. The van der Waals surface area contributed by atoms with Crippen molar-refractivity contribution in [2.75, 3.05) is 6.61 Å². The van der Waals surface area contributed by atoms with Gasteiger partial charge in [-0.05, 0) is 31.2 Å². The lowest BCUT2D eigenvalue weighted by Crippen LogP contribution is -2.31. The second kappa shape index (κ2) is 7.20. The van der Waals surface area contributed by atoms with Crippen LogP contribution in [-0.2, 0) is 9.39 Å². The molecule has 1 amide bonds. The van der Waals surface area contributed by atoms with E-state index in [1.54, 1.807) is 4.90 Å². The Morgan fingerprint density at radius 2 is 2.05 bits per heavy atom. The van der Waals surface area contributed by atoms with Crippen molar-refractivity contribution in [2.24, 2.45) is 0 Å². The van der Waals surface area contributed by atoms with Gasteiger partial charge in [0.15, 0.2) is 5.88 Å². The zero-order valence-corrected chi connectivity index (χ0v) is 12.9. The fourth-order valence-electron chi connectivity index (χ4n) is 2.48. The monoisotopic (exact) mass is 287 g/mol. The average Bonchev–Trinajstić information content (AvgIpc) is 2.91. The van der Waals surface area contributed by atoms with Gasteiger partial charge in [0.2, 0.25) is 0 Å². The van der Waals surface area contributed by atoms with E-state index < -0.39 is 0 Å². The van der Waals surface area contributed by atoms with Crippen LogP contribution in [0, 0.1) is 0 Å². The molecule has 0 aliphatic carbocycles. The molecular weight excluding hydrogens is 265 g/mol. The molecule has 0 bridgehead atoms. The van der Waals surface area contributed by atoms with Gasteiger partial charge < -0.3 is 9.39 Å². The van der Waals surface area contributed by atoms with Crippen LogP contribution in [-0.4, -0.2) is 24.5 Å². The highest BCUT2D eigenvalue weighted by Crippen LogP contribution is 2.32. The van der Waals surface area contributed by atoms with E-state index in [4.69, 9.17) is 9.39 Å². The van der Waals surface area contributed by atoms with Gasteiger partial charge >= 0.3 is 13.0 Å². The van der Waals surface area contributed by atoms with Crippen LogP contribution in [0.1, 0.15) is 32.4 Å². The standard InChI is InChI=1S/C16H22BNO3/c1-4-15(21-17(5-2)6-3)18-14(12-20-16(18)19)13-10-8-7-9-11-13/h4,7-11,14H,5-6,12H2,1-3H3/b15-4-/t14-/m0/s1. The Bertz CT molecular complexity index is 500. The number of rotatable bonds is 6. The predicted octanol–water partition coefficient (Wildman–Crippen LogP) is 4.09. The number of cyclic esters (lactones) is 1. The number of carbonyl (C=O) groups is 1. The van der Waals surface area contributed by atoms with E-state index >= 15 is 0 Å². The Labute approximate surface area is 126 Å². The maximum absolute atomic E-state index is 12.1. The minimum atomic E-state index is -0.345. The van der Waals surface area contributed by atoms with Gasteiger partial charge in [-0.2, -0.15) is 0 Å². The van der Waals surface area contributed by atoms with Crippen molar-refractivity contribution >= 4 is 13.0 Å². The molecule has 0 aromatic heterocycles. The summed E-state index contributed by atoms with van der Waals surface area (Å²) in [5.74, 6) is 0.583. The van der Waals surface area contributed by atoms with Crippen molar-refractivity contribution < 1.29 is 14.2 Å². The number of carbonyl (C=O) groups excluding carboxylic acids is 1. The van der Waals surface area contributed by atoms with Gasteiger partial charge in [0.05, 0.1) is 0 Å². The van der Waals surface area contributed by atoms with Crippen LogP contribution in [0.15, 0.2) is 42.3 Å². The summed E-state index contributed by atoms with van der Waals surface area (Å²) in [7, 11) is 0. The molecule has 0 unspecified atom stereocenters. The van der Waals surface area contributed by atoms with Gasteiger partial charge in [-0.1, -0.05) is 44.2 Å². The van der Waals surface area contributed by atoms with Crippen molar-refractivity contribution in [3.8, 4) is 0 Å². The molecule has 2 rings (SSSR count). The molecule has 1 heterocycles. The maximum Gasteiger partial charge on any atom is 0.417 e. The Morgan fingerprint density at radius 1 is 1.38 bits per heavy atom. The maximum atomic E-state index is 12.1. The first-order chi connectivity index (χ1) is 10.2. The summed E-state index contributed by atoms with van der Waals surface area (Å²) in [6, 6.07) is 9.77. The second-order valence-electron chi connectivity index (χ2n) is 5.06. The fourth-order valence-corrected chi connectivity index (χ4v) is 2.48. The van der Waals surface area contributed by atoms with Gasteiger partial charge in [-0.3, -0.25) is 0 Å². The van der Waals surface area contributed by atoms with E-state index in [9.17, 15) is 4.79 Å². The van der Waals surface area contributed by atoms with E-state index in [1.165, 1.54) is 0 Å². The number of hydrogen-bond acceptors (Lipinski definition) is 3. The summed E-state index contributed by atoms with van der Waals surface area (Å²) in [6.45, 7) is 6.51. The third-order valence-electron chi connectivity index (χ3n) is 3.74. The Hall–Kier alpha value is -1.91. The largest absolute Gasteiger partial charge is 0.549 e. The normalized spacial score (nSPS) is 18.6. The topological polar surface area (TPSA) is 38.8 Å². The van der Waals surface area contributed by atoms with Crippen molar-refractivity contribution in [1.82, 2.24) is 4.90 Å². The van der Waals surface area contributed by atoms with Gasteiger partial charge in [-0.25, -0.2) is 9.69 Å². The minimum Gasteiger partial charge on any atom is -0.549 e. The smallest absolute Gasteiger partial charge is 0.417 e. The lowest BCUT2D eigenvalue weighted by molar-refractivity contribution is 0.152. The van der Waals surface area contributed by atoms with Gasteiger partial charge in [0.1, 0.15) is 12.6 Å². The second-order valence-corrected chi connectivity index (χ2v) is 5.06. The third kappa shape index (κ3) is 3.41. The van der Waals surface area contributed by atoms with Crippen molar-refractivity contribution in [3.05, 3.63) is 47.9 Å². The molecule has 0 saturated carbocycles. The number of hydrogen-bond donors (Lipinski definition) is 0. The van der Waals surface area contributed by atoms with Gasteiger partial charge in [-0.15, -0.1) is 0 Å². The first-order valence-corrected chi connectivity index (χ1v) is 7.55. The summed E-state index contributed by atoms with van der Waals surface area (Å²) >= 11 is 0. The van der Waals surface area contributed by atoms with Crippen LogP contribution in [0.3, 0.4) is 0 Å². The number of nitrogens with zero attached hydrogens (tertiary/aromatic N) is 1. The first kappa shape index (κ1) is 15.5. The Balaban J connectivity index is 2.23. The van der Waals surface area contributed by atoms with Crippen molar-refractivity contribution in [2.45, 2.75) is 39.5 Å². The van der Waals surface area contributed by atoms with Crippen LogP contribution < -0.4 is 0 Å². The molecule has 1 aromatic carbocycles. The first-order valence-electron chi connectivity index (χ1n) is 7.55. The van der Waals surface area contributed by atoms with Crippen LogP contribution >= 0.6 is 0 Å². The molecule has 1 saturated heterocycles. The van der Waals surface area contributed by atoms with Gasteiger partial charge in [0.25, 0.3) is 0 Å². The molecule has 1 fully saturated rings. The molecule has 4 nitrogen and oxygen atoms in total. The molecule has 112 valence electrons. The highest BCUT2D eigenvalue weighted by Gasteiger charge is 2.38. The van der Waals surface area contributed by atoms with Gasteiger partial charge in [0, 0.05) is 0 Å². The Kier molecular flexibility index (Phi) is 5.31. The predicted molar refractivity (Wildman–Crippen MR) is 83.9 cm³/mol. The van der Waals surface area contributed by atoms with Crippen molar-refractivity contribution in [3.63, 3.8) is 0 Å². The number of amides is 1. The molecular formula is C16H22BNO3. The average molecular weight is 287 g/mol. The lowest BCUT2D eigenvalue weighted by Gasteiger charge is -2.26. The molecule has 1 atom stereocenters. The van der Waals surface area contributed by atoms with Crippen LogP contribution in [0.5, 0.6) is 0 Å². The summed E-state index contributed by atoms with van der Waals surface area (Å²) in [5.41, 5.74) is 1.05. The number of benzene rings is 1. The highest BCUT2D eigenvalue weighted by molar-refractivity contribution is 6.51. The van der Waals surface area contributed by atoms with Crippen LogP contribution in [0.4, 0.5) is 4.79 Å². The summed E-state index contributed by atoms with van der Waals surface area (Å²) in [6.07, 6.45) is 3.31. The summed E-state index contributed by atoms with van der Waals surface area (Å²) in [5, 5.41) is 0. The molecule has 1 aromatic rings. The zero-order valence-electron chi connectivity index (χ0n) is 12.9. The van der Waals surface area contributed by atoms with Crippen LogP contribution in [0.2, 0.25) is 12.6 Å². The Morgan fingerprint density at radius 3 is 2.62 bits per heavy atom. The molecule has 1 aliphatic rings. The lowest BCUT2D eigenvalue weighted by atomic mass is 9.62. The summed E-state index contributed by atoms with van der Waals surface area (Å²) < 4.78 is 11.2. The quantitative estimate of drug-likeness (QED) is 0.584.